The molecule has 0 radical (unpaired) electrons. The summed E-state index contributed by atoms with van der Waals surface area (Å²) < 4.78 is 30.1. The maximum absolute atomic E-state index is 11.5. The molecule has 0 atom stereocenters. The number of ether oxygens (including phenoxy) is 1. The molecule has 1 aromatic heterocycles. The number of primary sulfonamides is 1. The number of nitro benzene ring substituents is 1. The maximum Gasteiger partial charge on any atom is 0.271 e. The van der Waals surface area contributed by atoms with Gasteiger partial charge in [-0.15, -0.1) is 0 Å². The van der Waals surface area contributed by atoms with Gasteiger partial charge in [0.15, 0.2) is 0 Å². The quantitative estimate of drug-likeness (QED) is 0.365. The first kappa shape index (κ1) is 21.2. The SMILES string of the molecule is COc1ccc([N+](=O)[O-])cc1N=Cc1cc(C)n(-c2ccc(S(N)(=O)=O)cc2)c1C. The number of hydrogen-bond acceptors (Lipinski definition) is 6. The van der Waals surface area contributed by atoms with Crippen LogP contribution in [0.4, 0.5) is 11.4 Å². The summed E-state index contributed by atoms with van der Waals surface area (Å²) in [6.07, 6.45) is 1.61. The maximum atomic E-state index is 11.5. The fourth-order valence-corrected chi connectivity index (χ4v) is 3.65. The molecule has 3 aromatic rings. The summed E-state index contributed by atoms with van der Waals surface area (Å²) in [4.78, 5) is 15.0. The van der Waals surface area contributed by atoms with Gasteiger partial charge < -0.3 is 9.30 Å². The lowest BCUT2D eigenvalue weighted by Crippen LogP contribution is -2.12. The third-order valence-electron chi connectivity index (χ3n) is 4.61. The molecule has 3 rings (SSSR count). The van der Waals surface area contributed by atoms with E-state index in [2.05, 4.69) is 4.99 Å². The molecule has 156 valence electrons. The van der Waals surface area contributed by atoms with Gasteiger partial charge in [0.25, 0.3) is 5.69 Å². The molecule has 10 heteroatoms. The summed E-state index contributed by atoms with van der Waals surface area (Å²) in [6.45, 7) is 3.80. The molecule has 9 nitrogen and oxygen atoms in total. The Labute approximate surface area is 173 Å². The van der Waals surface area contributed by atoms with Gasteiger partial charge in [0.05, 0.1) is 16.9 Å². The number of non-ortho nitro benzene ring substituents is 1. The highest BCUT2D eigenvalue weighted by Crippen LogP contribution is 2.31. The van der Waals surface area contributed by atoms with Crippen molar-refractivity contribution in [2.24, 2.45) is 10.1 Å². The van der Waals surface area contributed by atoms with Crippen molar-refractivity contribution in [3.63, 3.8) is 0 Å². The number of benzene rings is 2. The van der Waals surface area contributed by atoms with Crippen molar-refractivity contribution in [3.8, 4) is 11.4 Å². The molecule has 0 fully saturated rings. The first-order valence-corrected chi connectivity index (χ1v) is 10.3. The first-order chi connectivity index (χ1) is 14.1. The highest BCUT2D eigenvalue weighted by atomic mass is 32.2. The van der Waals surface area contributed by atoms with E-state index in [4.69, 9.17) is 9.88 Å². The Morgan fingerprint density at radius 2 is 1.80 bits per heavy atom. The van der Waals surface area contributed by atoms with Crippen molar-refractivity contribution in [2.45, 2.75) is 18.7 Å². The van der Waals surface area contributed by atoms with Crippen LogP contribution in [0.2, 0.25) is 0 Å². The molecule has 0 spiro atoms. The van der Waals surface area contributed by atoms with Gasteiger partial charge in [0.1, 0.15) is 11.4 Å². The van der Waals surface area contributed by atoms with E-state index in [1.54, 1.807) is 18.3 Å². The predicted octanol–water partition coefficient (Wildman–Crippen LogP) is 3.41. The lowest BCUT2D eigenvalue weighted by molar-refractivity contribution is -0.384. The summed E-state index contributed by atoms with van der Waals surface area (Å²) >= 11 is 0. The van der Waals surface area contributed by atoms with E-state index in [0.29, 0.717) is 11.4 Å². The zero-order valence-electron chi connectivity index (χ0n) is 16.6. The first-order valence-electron chi connectivity index (χ1n) is 8.80. The number of sulfonamides is 1. The fraction of sp³-hybridized carbons (Fsp3) is 0.150. The van der Waals surface area contributed by atoms with E-state index in [1.807, 2.05) is 24.5 Å². The smallest absolute Gasteiger partial charge is 0.271 e. The Hall–Kier alpha value is -3.50. The van der Waals surface area contributed by atoms with Gasteiger partial charge in [-0.25, -0.2) is 13.6 Å². The normalized spacial score (nSPS) is 11.7. The van der Waals surface area contributed by atoms with Gasteiger partial charge in [-0.3, -0.25) is 15.1 Å². The highest BCUT2D eigenvalue weighted by molar-refractivity contribution is 7.89. The number of nitrogens with zero attached hydrogens (tertiary/aromatic N) is 3. The summed E-state index contributed by atoms with van der Waals surface area (Å²) in [5.41, 5.74) is 3.60. The summed E-state index contributed by atoms with van der Waals surface area (Å²) in [7, 11) is -2.29. The second kappa shape index (κ2) is 8.09. The van der Waals surface area contributed by atoms with E-state index in [-0.39, 0.29) is 10.6 Å². The molecule has 0 amide bonds. The summed E-state index contributed by atoms with van der Waals surface area (Å²) in [5, 5.41) is 16.2. The molecule has 0 aliphatic carbocycles. The Balaban J connectivity index is 1.99. The van der Waals surface area contributed by atoms with Gasteiger partial charge in [-0.1, -0.05) is 0 Å². The van der Waals surface area contributed by atoms with Crippen LogP contribution in [0.15, 0.2) is 58.4 Å². The standard InChI is InChI=1S/C20H20N4O5S/c1-13-10-15(12-22-19-11-17(24(25)26)6-9-20(19)29-3)14(2)23(13)16-4-7-18(8-5-16)30(21,27)28/h4-12H,1-3H3,(H2,21,27,28). The minimum Gasteiger partial charge on any atom is -0.494 e. The summed E-state index contributed by atoms with van der Waals surface area (Å²) in [5.74, 6) is 0.421. The minimum absolute atomic E-state index is 0.0354. The van der Waals surface area contributed by atoms with Crippen LogP contribution in [0.5, 0.6) is 5.75 Å². The van der Waals surface area contributed by atoms with Crippen molar-refractivity contribution in [2.75, 3.05) is 7.11 Å². The number of aliphatic imine (C=N–C) groups is 1. The molecule has 0 aliphatic rings. The number of methoxy groups -OCH3 is 1. The van der Waals surface area contributed by atoms with Crippen LogP contribution in [0.3, 0.4) is 0 Å². The minimum atomic E-state index is -3.76. The van der Waals surface area contributed by atoms with Crippen molar-refractivity contribution < 1.29 is 18.1 Å². The van der Waals surface area contributed by atoms with Crippen molar-refractivity contribution in [1.82, 2.24) is 4.57 Å². The van der Waals surface area contributed by atoms with E-state index >= 15 is 0 Å². The average Bonchev–Trinajstić information content (AvgIpc) is 2.98. The Morgan fingerprint density at radius 3 is 2.37 bits per heavy atom. The van der Waals surface area contributed by atoms with Gasteiger partial charge in [-0.2, -0.15) is 0 Å². The molecule has 0 unspecified atom stereocenters. The molecular weight excluding hydrogens is 408 g/mol. The monoisotopic (exact) mass is 428 g/mol. The molecule has 0 bridgehead atoms. The third kappa shape index (κ3) is 4.24. The highest BCUT2D eigenvalue weighted by Gasteiger charge is 2.13. The van der Waals surface area contributed by atoms with E-state index in [9.17, 15) is 18.5 Å². The molecule has 30 heavy (non-hydrogen) atoms. The van der Waals surface area contributed by atoms with Crippen LogP contribution in [0, 0.1) is 24.0 Å². The number of aryl methyl sites for hydroxylation is 1. The Kier molecular flexibility index (Phi) is 5.72. The zero-order valence-corrected chi connectivity index (χ0v) is 17.4. The van der Waals surface area contributed by atoms with Crippen molar-refractivity contribution >= 4 is 27.6 Å². The van der Waals surface area contributed by atoms with Crippen LogP contribution < -0.4 is 9.88 Å². The van der Waals surface area contributed by atoms with E-state index in [1.165, 1.54) is 37.4 Å². The van der Waals surface area contributed by atoms with Gasteiger partial charge in [0.2, 0.25) is 10.0 Å². The van der Waals surface area contributed by atoms with E-state index in [0.717, 1.165) is 22.6 Å². The van der Waals surface area contributed by atoms with Crippen molar-refractivity contribution in [1.29, 1.82) is 0 Å². The molecule has 0 saturated carbocycles. The second-order valence-electron chi connectivity index (χ2n) is 6.57. The fourth-order valence-electron chi connectivity index (χ4n) is 3.13. The Morgan fingerprint density at radius 1 is 1.13 bits per heavy atom. The average molecular weight is 428 g/mol. The van der Waals surface area contributed by atoms with E-state index < -0.39 is 14.9 Å². The number of rotatable bonds is 6. The zero-order chi connectivity index (χ0) is 22.1. The summed E-state index contributed by atoms with van der Waals surface area (Å²) in [6, 6.07) is 12.4. The molecule has 2 aromatic carbocycles. The number of nitrogens with two attached hydrogens (primary N) is 1. The van der Waals surface area contributed by atoms with Crippen LogP contribution in [0.25, 0.3) is 5.69 Å². The van der Waals surface area contributed by atoms with Gasteiger partial charge >= 0.3 is 0 Å². The number of aromatic nitrogens is 1. The molecule has 0 aliphatic heterocycles. The number of nitro groups is 1. The third-order valence-corrected chi connectivity index (χ3v) is 5.54. The number of hydrogen-bond donors (Lipinski definition) is 1. The van der Waals surface area contributed by atoms with Crippen LogP contribution in [0.1, 0.15) is 17.0 Å². The lowest BCUT2D eigenvalue weighted by atomic mass is 10.2. The molecule has 2 N–H and O–H groups in total. The van der Waals surface area contributed by atoms with Gasteiger partial charge in [-0.05, 0) is 50.2 Å². The lowest BCUT2D eigenvalue weighted by Gasteiger charge is -2.10. The predicted molar refractivity (Wildman–Crippen MR) is 114 cm³/mol. The van der Waals surface area contributed by atoms with Crippen molar-refractivity contribution in [3.05, 3.63) is 75.6 Å². The van der Waals surface area contributed by atoms with Crippen LogP contribution in [-0.2, 0) is 10.0 Å². The van der Waals surface area contributed by atoms with Crippen LogP contribution >= 0.6 is 0 Å². The molecular formula is C20H20N4O5S. The Bertz CT molecular complexity index is 1240. The largest absolute Gasteiger partial charge is 0.494 e. The molecule has 1 heterocycles. The molecule has 0 saturated heterocycles. The topological polar surface area (TPSA) is 130 Å². The van der Waals surface area contributed by atoms with Crippen LogP contribution in [-0.4, -0.2) is 31.2 Å². The van der Waals surface area contributed by atoms with Gasteiger partial charge in [0, 0.05) is 41.0 Å². The second-order valence-corrected chi connectivity index (χ2v) is 8.13.